The number of ether oxygens (including phenoxy) is 2. The number of hydrogen-bond acceptors (Lipinski definition) is 8. The third kappa shape index (κ3) is 5.18. The zero-order valence-electron chi connectivity index (χ0n) is 19.7. The van der Waals surface area contributed by atoms with Crippen LogP contribution in [0.2, 0.25) is 0 Å². The predicted molar refractivity (Wildman–Crippen MR) is 135 cm³/mol. The quantitative estimate of drug-likeness (QED) is 0.361. The van der Waals surface area contributed by atoms with Crippen molar-refractivity contribution in [2.24, 2.45) is 0 Å². The summed E-state index contributed by atoms with van der Waals surface area (Å²) in [5, 5.41) is 2.10. The van der Waals surface area contributed by atoms with Crippen molar-refractivity contribution < 1.29 is 33.1 Å². The number of esters is 1. The molecule has 184 valence electrons. The molecule has 0 bridgehead atoms. The molecular weight excluding hydrogens is 484 g/mol. The number of benzene rings is 2. The highest BCUT2D eigenvalue weighted by Crippen LogP contribution is 2.34. The van der Waals surface area contributed by atoms with Crippen molar-refractivity contribution in [3.8, 4) is 17.1 Å². The summed E-state index contributed by atoms with van der Waals surface area (Å²) in [5.74, 6) is -0.0763. The molecule has 1 aromatic heterocycles. The van der Waals surface area contributed by atoms with E-state index in [9.17, 15) is 19.2 Å². The second-order valence-electron chi connectivity index (χ2n) is 7.72. The first-order valence-corrected chi connectivity index (χ1v) is 11.6. The zero-order valence-corrected chi connectivity index (χ0v) is 20.5. The number of imide groups is 1. The number of methoxy groups -OCH3 is 2. The summed E-state index contributed by atoms with van der Waals surface area (Å²) >= 11 is 0.728. The normalized spacial score (nSPS) is 14.3. The first kappa shape index (κ1) is 24.8. The van der Waals surface area contributed by atoms with E-state index in [1.54, 1.807) is 61.5 Å². The molecule has 0 atom stereocenters. The van der Waals surface area contributed by atoms with E-state index in [1.807, 2.05) is 0 Å². The topological polar surface area (TPSA) is 115 Å². The third-order valence-electron chi connectivity index (χ3n) is 5.45. The van der Waals surface area contributed by atoms with Crippen LogP contribution in [0.3, 0.4) is 0 Å². The van der Waals surface area contributed by atoms with Gasteiger partial charge in [-0.2, -0.15) is 0 Å². The first-order valence-electron chi connectivity index (χ1n) is 10.8. The summed E-state index contributed by atoms with van der Waals surface area (Å²) in [7, 11) is 2.85. The highest BCUT2D eigenvalue weighted by molar-refractivity contribution is 8.18. The van der Waals surface area contributed by atoms with Gasteiger partial charge in [0.2, 0.25) is 5.91 Å². The molecule has 9 nitrogen and oxygen atoms in total. The van der Waals surface area contributed by atoms with Crippen LogP contribution >= 0.6 is 11.8 Å². The van der Waals surface area contributed by atoms with Gasteiger partial charge in [0.15, 0.2) is 0 Å². The van der Waals surface area contributed by atoms with Crippen LogP contribution in [0.1, 0.15) is 21.7 Å². The van der Waals surface area contributed by atoms with Crippen molar-refractivity contribution in [2.45, 2.75) is 6.92 Å². The number of nitrogens with one attached hydrogen (secondary N) is 1. The Morgan fingerprint density at radius 2 is 1.81 bits per heavy atom. The van der Waals surface area contributed by atoms with Crippen LogP contribution in [0.15, 0.2) is 63.9 Å². The minimum absolute atomic E-state index is 0.137. The van der Waals surface area contributed by atoms with Crippen LogP contribution < -0.4 is 10.1 Å². The number of anilines is 1. The monoisotopic (exact) mass is 506 g/mol. The van der Waals surface area contributed by atoms with Crippen molar-refractivity contribution in [1.29, 1.82) is 0 Å². The molecule has 2 aromatic carbocycles. The van der Waals surface area contributed by atoms with Crippen LogP contribution in [0, 0.1) is 6.92 Å². The second-order valence-corrected chi connectivity index (χ2v) is 8.71. The molecule has 1 saturated heterocycles. The van der Waals surface area contributed by atoms with Crippen LogP contribution in [-0.2, 0) is 14.3 Å². The van der Waals surface area contributed by atoms with Crippen molar-refractivity contribution >= 4 is 46.5 Å². The molecule has 0 unspecified atom stereocenters. The average Bonchev–Trinajstić information content (AvgIpc) is 3.44. The minimum atomic E-state index is -0.586. The molecule has 4 rings (SSSR count). The maximum absolute atomic E-state index is 12.8. The molecule has 10 heteroatoms. The van der Waals surface area contributed by atoms with Gasteiger partial charge in [-0.1, -0.05) is 12.1 Å². The number of carbonyl (C=O) groups is 4. The van der Waals surface area contributed by atoms with E-state index in [1.165, 1.54) is 20.3 Å². The number of amides is 3. The Morgan fingerprint density at radius 1 is 1.06 bits per heavy atom. The highest BCUT2D eigenvalue weighted by atomic mass is 32.2. The molecule has 0 saturated carbocycles. The molecule has 36 heavy (non-hydrogen) atoms. The van der Waals surface area contributed by atoms with Crippen molar-refractivity contribution in [3.05, 3.63) is 76.4 Å². The maximum atomic E-state index is 12.8. The van der Waals surface area contributed by atoms with E-state index in [2.05, 4.69) is 5.32 Å². The van der Waals surface area contributed by atoms with Crippen molar-refractivity contribution in [2.75, 3.05) is 26.1 Å². The van der Waals surface area contributed by atoms with Gasteiger partial charge < -0.3 is 19.2 Å². The van der Waals surface area contributed by atoms with Crippen molar-refractivity contribution in [3.63, 3.8) is 0 Å². The van der Waals surface area contributed by atoms with Crippen LogP contribution in [-0.4, -0.2) is 48.7 Å². The van der Waals surface area contributed by atoms with Crippen molar-refractivity contribution in [1.82, 2.24) is 4.90 Å². The van der Waals surface area contributed by atoms with E-state index in [0.29, 0.717) is 39.6 Å². The van der Waals surface area contributed by atoms with E-state index >= 15 is 0 Å². The molecule has 3 amide bonds. The standard InChI is InChI=1S/C26H22N2O7S/c1-15-19(5-4-6-20(15)25(31)34-3)21-12-11-18(35-21)13-22-24(30)28(26(32)36-22)14-23(29)27-16-7-9-17(33-2)10-8-16/h4-13H,14H2,1-3H3,(H,27,29)/b22-13+. The summed E-state index contributed by atoms with van der Waals surface area (Å²) in [6.45, 7) is 1.36. The van der Waals surface area contributed by atoms with Gasteiger partial charge in [-0.05, 0) is 66.7 Å². The Bertz CT molecular complexity index is 1380. The summed E-state index contributed by atoms with van der Waals surface area (Å²) in [5.41, 5.74) is 2.31. The van der Waals surface area contributed by atoms with Gasteiger partial charge in [-0.3, -0.25) is 19.3 Å². The molecule has 1 fully saturated rings. The number of hydrogen-bond donors (Lipinski definition) is 1. The number of carbonyl (C=O) groups excluding carboxylic acids is 4. The Balaban J connectivity index is 1.46. The molecule has 1 aliphatic rings. The lowest BCUT2D eigenvalue weighted by Gasteiger charge is -2.12. The maximum Gasteiger partial charge on any atom is 0.338 e. The predicted octanol–water partition coefficient (Wildman–Crippen LogP) is 4.73. The first-order chi connectivity index (χ1) is 17.3. The van der Waals surface area contributed by atoms with Gasteiger partial charge in [0, 0.05) is 17.3 Å². The summed E-state index contributed by atoms with van der Waals surface area (Å²) in [6.07, 6.45) is 1.45. The van der Waals surface area contributed by atoms with Gasteiger partial charge >= 0.3 is 5.97 Å². The van der Waals surface area contributed by atoms with Gasteiger partial charge in [0.1, 0.15) is 23.8 Å². The van der Waals surface area contributed by atoms with E-state index in [0.717, 1.165) is 16.7 Å². The lowest BCUT2D eigenvalue weighted by Crippen LogP contribution is -2.36. The largest absolute Gasteiger partial charge is 0.497 e. The number of rotatable bonds is 7. The van der Waals surface area contributed by atoms with E-state index < -0.39 is 29.6 Å². The summed E-state index contributed by atoms with van der Waals surface area (Å²) in [4.78, 5) is 50.6. The molecule has 0 aliphatic carbocycles. The molecule has 0 radical (unpaired) electrons. The van der Waals surface area contributed by atoms with Crippen LogP contribution in [0.5, 0.6) is 5.75 Å². The summed E-state index contributed by atoms with van der Waals surface area (Å²) < 4.78 is 15.8. The Labute approximate surface area is 211 Å². The highest BCUT2D eigenvalue weighted by Gasteiger charge is 2.36. The fraction of sp³-hybridized carbons (Fsp3) is 0.154. The molecule has 1 N–H and O–H groups in total. The van der Waals surface area contributed by atoms with E-state index in [-0.39, 0.29) is 4.91 Å². The Kier molecular flexibility index (Phi) is 7.25. The van der Waals surface area contributed by atoms with Gasteiger partial charge in [0.25, 0.3) is 11.1 Å². The fourth-order valence-corrected chi connectivity index (χ4v) is 4.41. The van der Waals surface area contributed by atoms with Gasteiger partial charge in [-0.25, -0.2) is 4.79 Å². The lowest BCUT2D eigenvalue weighted by molar-refractivity contribution is -0.127. The third-order valence-corrected chi connectivity index (χ3v) is 6.36. The van der Waals surface area contributed by atoms with Crippen LogP contribution in [0.25, 0.3) is 17.4 Å². The smallest absolute Gasteiger partial charge is 0.338 e. The summed E-state index contributed by atoms with van der Waals surface area (Å²) in [6, 6.07) is 15.2. The lowest BCUT2D eigenvalue weighted by atomic mass is 10.0. The molecule has 2 heterocycles. The molecule has 3 aromatic rings. The number of thioether (sulfide) groups is 1. The van der Waals surface area contributed by atoms with Gasteiger partial charge in [0.05, 0.1) is 24.7 Å². The average molecular weight is 507 g/mol. The van der Waals surface area contributed by atoms with Gasteiger partial charge in [-0.15, -0.1) is 0 Å². The van der Waals surface area contributed by atoms with E-state index in [4.69, 9.17) is 13.9 Å². The molecule has 1 aliphatic heterocycles. The number of nitrogens with zero attached hydrogens (tertiary/aromatic N) is 1. The fourth-order valence-electron chi connectivity index (χ4n) is 3.59. The Morgan fingerprint density at radius 3 is 2.50 bits per heavy atom. The minimum Gasteiger partial charge on any atom is -0.497 e. The van der Waals surface area contributed by atoms with Crippen LogP contribution in [0.4, 0.5) is 10.5 Å². The Hall–Kier alpha value is -4.31. The molecule has 0 spiro atoms. The second kappa shape index (κ2) is 10.5. The SMILES string of the molecule is COC(=O)c1cccc(-c2ccc(/C=C3/SC(=O)N(CC(=O)Nc4ccc(OC)cc4)C3=O)o2)c1C. The molecular formula is C26H22N2O7S. The number of furan rings is 1. The zero-order chi connectivity index (χ0) is 25.8.